The molecule has 5 aromatic rings. The van der Waals surface area contributed by atoms with Crippen LogP contribution in [0.3, 0.4) is 0 Å². The molecule has 0 unspecified atom stereocenters. The van der Waals surface area contributed by atoms with Crippen LogP contribution in [0, 0.1) is 0 Å². The molecule has 0 aliphatic carbocycles. The Labute approximate surface area is 196 Å². The number of carbonyl (C=O) groups is 2. The number of fused-ring (bicyclic) bond motifs is 3. The van der Waals surface area contributed by atoms with Crippen LogP contribution in [0.2, 0.25) is 0 Å². The van der Waals surface area contributed by atoms with Gasteiger partial charge >= 0.3 is 11.9 Å². The zero-order chi connectivity index (χ0) is 23.8. The third kappa shape index (κ3) is 3.84. The molecule has 2 aromatic carbocycles. The average molecular weight is 474 g/mol. The Morgan fingerprint density at radius 1 is 0.971 bits per heavy atom. The van der Waals surface area contributed by atoms with Crippen LogP contribution in [0.15, 0.2) is 64.8 Å². The summed E-state index contributed by atoms with van der Waals surface area (Å²) in [6, 6.07) is 15.9. The minimum atomic E-state index is -0.500. The van der Waals surface area contributed by atoms with Gasteiger partial charge in [0.15, 0.2) is 12.4 Å². The Kier molecular flexibility index (Phi) is 5.42. The third-order valence-electron chi connectivity index (χ3n) is 5.30. The van der Waals surface area contributed by atoms with Crippen molar-refractivity contribution in [3.05, 3.63) is 81.7 Å². The second kappa shape index (κ2) is 8.56. The molecule has 0 fully saturated rings. The standard InChI is InChI=1S/C24H18N4O5S/c1-14(29)33-18-9-7-16(8-10-18)15-3-5-17(6-4-15)23(31)32-13-20-25-26-24-27(2)22(30)21-19(28(20)24)11-12-34-21/h3-12H,13H2,1-2H3. The molecule has 34 heavy (non-hydrogen) atoms. The Balaban J connectivity index is 1.32. The second-order valence-electron chi connectivity index (χ2n) is 7.52. The average Bonchev–Trinajstić information content (AvgIpc) is 3.48. The number of thiophene rings is 1. The van der Waals surface area contributed by atoms with E-state index < -0.39 is 5.97 Å². The second-order valence-corrected chi connectivity index (χ2v) is 8.44. The van der Waals surface area contributed by atoms with Gasteiger partial charge in [0.1, 0.15) is 10.4 Å². The molecule has 3 aromatic heterocycles. The molecule has 0 atom stereocenters. The number of hydrogen-bond donors (Lipinski definition) is 0. The van der Waals surface area contributed by atoms with Crippen LogP contribution in [-0.2, 0) is 23.2 Å². The zero-order valence-corrected chi connectivity index (χ0v) is 19.0. The van der Waals surface area contributed by atoms with Crippen LogP contribution < -0.4 is 10.3 Å². The van der Waals surface area contributed by atoms with E-state index in [-0.39, 0.29) is 18.1 Å². The first kappa shape index (κ1) is 21.5. The first-order valence-corrected chi connectivity index (χ1v) is 11.2. The van der Waals surface area contributed by atoms with Crippen molar-refractivity contribution in [2.75, 3.05) is 0 Å². The number of rotatable bonds is 5. The molecule has 9 nitrogen and oxygen atoms in total. The van der Waals surface area contributed by atoms with E-state index in [1.54, 1.807) is 35.7 Å². The highest BCUT2D eigenvalue weighted by Crippen LogP contribution is 2.24. The number of ether oxygens (including phenoxy) is 2. The SMILES string of the molecule is CC(=O)Oc1ccc(-c2ccc(C(=O)OCc3nnc4n(C)c(=O)c5sccc5n34)cc2)cc1. The van der Waals surface area contributed by atoms with E-state index in [0.717, 1.165) is 11.1 Å². The molecule has 0 bridgehead atoms. The molecular weight excluding hydrogens is 456 g/mol. The summed E-state index contributed by atoms with van der Waals surface area (Å²) in [7, 11) is 1.63. The fourth-order valence-corrected chi connectivity index (χ4v) is 4.49. The molecule has 0 saturated heterocycles. The lowest BCUT2D eigenvalue weighted by Crippen LogP contribution is -2.19. The van der Waals surface area contributed by atoms with Crippen LogP contribution in [0.5, 0.6) is 5.75 Å². The number of aryl methyl sites for hydroxylation is 1. The van der Waals surface area contributed by atoms with E-state index in [0.29, 0.717) is 33.1 Å². The number of nitrogens with zero attached hydrogens (tertiary/aromatic N) is 4. The van der Waals surface area contributed by atoms with Crippen LogP contribution in [0.25, 0.3) is 27.1 Å². The molecule has 0 N–H and O–H groups in total. The van der Waals surface area contributed by atoms with Gasteiger partial charge in [0.2, 0.25) is 5.78 Å². The summed E-state index contributed by atoms with van der Waals surface area (Å²) in [5.74, 6) is 0.397. The smallest absolute Gasteiger partial charge is 0.338 e. The van der Waals surface area contributed by atoms with Crippen LogP contribution in [0.4, 0.5) is 0 Å². The minimum absolute atomic E-state index is 0.0947. The fourth-order valence-electron chi connectivity index (χ4n) is 3.64. The summed E-state index contributed by atoms with van der Waals surface area (Å²) in [5, 5.41) is 10.0. The fraction of sp³-hybridized carbons (Fsp3) is 0.125. The predicted molar refractivity (Wildman–Crippen MR) is 126 cm³/mol. The highest BCUT2D eigenvalue weighted by atomic mass is 32.1. The first-order valence-electron chi connectivity index (χ1n) is 10.3. The third-order valence-corrected chi connectivity index (χ3v) is 6.19. The van der Waals surface area contributed by atoms with Crippen molar-refractivity contribution in [3.63, 3.8) is 0 Å². The van der Waals surface area contributed by atoms with Crippen LogP contribution in [0.1, 0.15) is 23.1 Å². The molecule has 0 radical (unpaired) electrons. The molecule has 0 saturated carbocycles. The maximum atomic E-state index is 12.6. The Morgan fingerprint density at radius 2 is 1.65 bits per heavy atom. The van der Waals surface area contributed by atoms with Crippen molar-refractivity contribution in [1.82, 2.24) is 19.2 Å². The predicted octanol–water partition coefficient (Wildman–Crippen LogP) is 3.59. The van der Waals surface area contributed by atoms with E-state index in [4.69, 9.17) is 9.47 Å². The van der Waals surface area contributed by atoms with Gasteiger partial charge in [-0.3, -0.25) is 18.6 Å². The van der Waals surface area contributed by atoms with Crippen molar-refractivity contribution >= 4 is 39.3 Å². The van der Waals surface area contributed by atoms with Gasteiger partial charge in [-0.05, 0) is 46.8 Å². The topological polar surface area (TPSA) is 105 Å². The lowest BCUT2D eigenvalue weighted by molar-refractivity contribution is -0.131. The number of esters is 2. The van der Waals surface area contributed by atoms with Gasteiger partial charge in [-0.2, -0.15) is 0 Å². The summed E-state index contributed by atoms with van der Waals surface area (Å²) in [6.45, 7) is 1.25. The molecule has 0 spiro atoms. The largest absolute Gasteiger partial charge is 0.454 e. The monoisotopic (exact) mass is 474 g/mol. The Hall–Kier alpha value is -4.31. The van der Waals surface area contributed by atoms with Crippen molar-refractivity contribution in [2.45, 2.75) is 13.5 Å². The zero-order valence-electron chi connectivity index (χ0n) is 18.2. The lowest BCUT2D eigenvalue weighted by Gasteiger charge is -2.07. The molecule has 170 valence electrons. The van der Waals surface area contributed by atoms with Crippen molar-refractivity contribution < 1.29 is 19.1 Å². The summed E-state index contributed by atoms with van der Waals surface area (Å²) in [5.41, 5.74) is 2.74. The number of carbonyl (C=O) groups excluding carboxylic acids is 2. The lowest BCUT2D eigenvalue weighted by atomic mass is 10.0. The van der Waals surface area contributed by atoms with E-state index >= 15 is 0 Å². The number of hydrogen-bond acceptors (Lipinski definition) is 8. The van der Waals surface area contributed by atoms with Crippen LogP contribution >= 0.6 is 11.3 Å². The molecule has 0 amide bonds. The molecule has 10 heteroatoms. The van der Waals surface area contributed by atoms with Gasteiger partial charge in [-0.1, -0.05) is 24.3 Å². The maximum absolute atomic E-state index is 12.6. The molecular formula is C24H18N4O5S. The van der Waals surface area contributed by atoms with Gasteiger partial charge in [-0.25, -0.2) is 4.79 Å². The van der Waals surface area contributed by atoms with E-state index in [9.17, 15) is 14.4 Å². The molecule has 0 aliphatic heterocycles. The highest BCUT2D eigenvalue weighted by molar-refractivity contribution is 7.17. The maximum Gasteiger partial charge on any atom is 0.338 e. The molecule has 3 heterocycles. The van der Waals surface area contributed by atoms with Gasteiger partial charge in [0.05, 0.1) is 11.1 Å². The normalized spacial score (nSPS) is 11.1. The minimum Gasteiger partial charge on any atom is -0.454 e. The van der Waals surface area contributed by atoms with Crippen LogP contribution in [-0.4, -0.2) is 31.1 Å². The Morgan fingerprint density at radius 3 is 2.32 bits per heavy atom. The summed E-state index contributed by atoms with van der Waals surface area (Å²) in [6.07, 6.45) is 0. The first-order chi connectivity index (χ1) is 16.4. The van der Waals surface area contributed by atoms with Crippen molar-refractivity contribution in [2.24, 2.45) is 7.05 Å². The summed E-state index contributed by atoms with van der Waals surface area (Å²) >= 11 is 1.34. The quantitative estimate of drug-likeness (QED) is 0.283. The van der Waals surface area contributed by atoms with Gasteiger partial charge in [0.25, 0.3) is 5.56 Å². The Bertz CT molecular complexity index is 1600. The molecule has 5 rings (SSSR count). The number of benzene rings is 2. The van der Waals surface area contributed by atoms with E-state index in [1.165, 1.54) is 22.8 Å². The van der Waals surface area contributed by atoms with E-state index in [2.05, 4.69) is 10.2 Å². The number of aromatic nitrogens is 4. The van der Waals surface area contributed by atoms with Gasteiger partial charge in [-0.15, -0.1) is 21.5 Å². The highest BCUT2D eigenvalue weighted by Gasteiger charge is 2.17. The van der Waals surface area contributed by atoms with Gasteiger partial charge < -0.3 is 9.47 Å². The van der Waals surface area contributed by atoms with Crippen molar-refractivity contribution in [1.29, 1.82) is 0 Å². The van der Waals surface area contributed by atoms with Gasteiger partial charge in [0, 0.05) is 14.0 Å². The van der Waals surface area contributed by atoms with E-state index in [1.807, 2.05) is 35.7 Å². The van der Waals surface area contributed by atoms with Crippen molar-refractivity contribution in [3.8, 4) is 16.9 Å². The summed E-state index contributed by atoms with van der Waals surface area (Å²) < 4.78 is 14.3. The summed E-state index contributed by atoms with van der Waals surface area (Å²) in [4.78, 5) is 36.1. The molecule has 0 aliphatic rings.